The fraction of sp³-hybridized carbons (Fsp3) is 0.656. The zero-order valence-electron chi connectivity index (χ0n) is 27.0. The second kappa shape index (κ2) is 13.6. The van der Waals surface area contributed by atoms with Gasteiger partial charge in [-0.05, 0) is 51.0 Å². The van der Waals surface area contributed by atoms with Crippen molar-refractivity contribution < 1.29 is 36.3 Å². The predicted molar refractivity (Wildman–Crippen MR) is 165 cm³/mol. The van der Waals surface area contributed by atoms with Crippen LogP contribution in [-0.4, -0.2) is 81.1 Å². The van der Waals surface area contributed by atoms with E-state index in [1.807, 2.05) is 18.9 Å². The van der Waals surface area contributed by atoms with Crippen molar-refractivity contribution in [1.82, 2.24) is 35.0 Å². The molecular formula is C32H41F5N8O3. The molecule has 1 unspecified atom stereocenters. The van der Waals surface area contributed by atoms with Crippen LogP contribution in [0.2, 0.25) is 0 Å². The normalized spacial score (nSPS) is 23.2. The molecule has 0 aromatic carbocycles. The van der Waals surface area contributed by atoms with Gasteiger partial charge >= 0.3 is 6.18 Å². The van der Waals surface area contributed by atoms with E-state index in [0.29, 0.717) is 48.2 Å². The molecule has 2 N–H and O–H groups in total. The Labute approximate surface area is 274 Å². The summed E-state index contributed by atoms with van der Waals surface area (Å²) in [7, 11) is 1.89. The molecule has 48 heavy (non-hydrogen) atoms. The molecule has 3 aromatic heterocycles. The number of piperidine rings is 1. The number of carbonyl (C=O) groups is 2. The third-order valence-electron chi connectivity index (χ3n) is 10.1. The minimum atomic E-state index is -4.44. The van der Waals surface area contributed by atoms with Crippen LogP contribution >= 0.6 is 0 Å². The summed E-state index contributed by atoms with van der Waals surface area (Å²) in [6.45, 7) is 2.98. The number of imidazole rings is 1. The molecule has 0 radical (unpaired) electrons. The number of amides is 2. The lowest BCUT2D eigenvalue weighted by atomic mass is 9.81. The molecule has 5 heterocycles. The molecule has 2 amide bonds. The quantitative estimate of drug-likeness (QED) is 0.314. The van der Waals surface area contributed by atoms with Gasteiger partial charge in [-0.25, -0.2) is 18.3 Å². The van der Waals surface area contributed by atoms with Crippen LogP contribution < -0.4 is 15.5 Å². The number of hydrogen-bond donors (Lipinski definition) is 2. The van der Waals surface area contributed by atoms with Crippen LogP contribution in [0.15, 0.2) is 24.5 Å². The lowest BCUT2D eigenvalue weighted by Crippen LogP contribution is -2.47. The first kappa shape index (κ1) is 34.1. The molecule has 1 aliphatic carbocycles. The Morgan fingerprint density at radius 1 is 1.21 bits per heavy atom. The Morgan fingerprint density at radius 2 is 1.94 bits per heavy atom. The molecule has 0 spiro atoms. The minimum absolute atomic E-state index is 0.0242. The van der Waals surface area contributed by atoms with Gasteiger partial charge in [0.05, 0.1) is 35.2 Å². The van der Waals surface area contributed by atoms with E-state index in [1.54, 1.807) is 23.0 Å². The molecule has 3 fully saturated rings. The van der Waals surface area contributed by atoms with E-state index < -0.39 is 48.3 Å². The maximum atomic E-state index is 14.2. The first-order chi connectivity index (χ1) is 22.8. The van der Waals surface area contributed by atoms with Crippen molar-refractivity contribution in [2.45, 2.75) is 89.0 Å². The Hall–Kier alpha value is -3.82. The minimum Gasteiger partial charge on any atom is -0.381 e. The number of rotatable bonds is 9. The van der Waals surface area contributed by atoms with Crippen LogP contribution in [0, 0.1) is 17.8 Å². The summed E-state index contributed by atoms with van der Waals surface area (Å²) in [6, 6.07) is 2.74. The van der Waals surface area contributed by atoms with E-state index in [9.17, 15) is 31.5 Å². The van der Waals surface area contributed by atoms with Gasteiger partial charge in [0.1, 0.15) is 5.69 Å². The Morgan fingerprint density at radius 3 is 2.62 bits per heavy atom. The molecule has 16 heteroatoms. The van der Waals surface area contributed by atoms with E-state index in [4.69, 9.17) is 14.8 Å². The predicted octanol–water partition coefficient (Wildman–Crippen LogP) is 4.71. The summed E-state index contributed by atoms with van der Waals surface area (Å²) in [5.41, 5.74) is 2.25. The second-order valence-corrected chi connectivity index (χ2v) is 13.2. The summed E-state index contributed by atoms with van der Waals surface area (Å²) in [6.07, 6.45) is -0.477. The third kappa shape index (κ3) is 7.27. The number of carbonyl (C=O) groups excluding carboxylic acids is 2. The fourth-order valence-electron chi connectivity index (χ4n) is 7.22. The number of hydrogen-bond acceptors (Lipinski definition) is 7. The molecule has 3 aliphatic rings. The average Bonchev–Trinajstić information content (AvgIpc) is 3.71. The van der Waals surface area contributed by atoms with E-state index in [0.717, 1.165) is 12.8 Å². The molecule has 11 nitrogen and oxygen atoms in total. The number of aromatic nitrogens is 5. The summed E-state index contributed by atoms with van der Waals surface area (Å²) in [5.74, 6) is -6.57. The number of alkyl halides is 5. The summed E-state index contributed by atoms with van der Waals surface area (Å²) in [4.78, 5) is 33.2. The molecule has 2 aliphatic heterocycles. The van der Waals surface area contributed by atoms with Gasteiger partial charge in [0.2, 0.25) is 11.8 Å². The van der Waals surface area contributed by atoms with E-state index in [-0.39, 0.29) is 50.5 Å². The van der Waals surface area contributed by atoms with Gasteiger partial charge in [0, 0.05) is 76.8 Å². The highest BCUT2D eigenvalue weighted by molar-refractivity contribution is 5.92. The number of ether oxygens (including phenoxy) is 1. The van der Waals surface area contributed by atoms with Gasteiger partial charge in [0.15, 0.2) is 5.65 Å². The van der Waals surface area contributed by atoms with Crippen molar-refractivity contribution in [1.29, 1.82) is 0 Å². The topological polar surface area (TPSA) is 119 Å². The van der Waals surface area contributed by atoms with Crippen molar-refractivity contribution in [2.75, 3.05) is 31.7 Å². The van der Waals surface area contributed by atoms with Gasteiger partial charge in [0.25, 0.3) is 5.91 Å². The Bertz CT molecular complexity index is 1610. The van der Waals surface area contributed by atoms with Gasteiger partial charge in [-0.1, -0.05) is 0 Å². The van der Waals surface area contributed by atoms with Crippen LogP contribution in [0.5, 0.6) is 0 Å². The lowest BCUT2D eigenvalue weighted by Gasteiger charge is -2.35. The SMILES string of the molecule is CCn1nccc1C(=O)N[C@H](c1cn2nc(CC3C[C@@H](C(F)(F)F)CNC3=O)c(N(C)C3CCOCC3)cc2n1)C1CCC(F)(F)CC1. The zero-order chi connectivity index (χ0) is 34.2. The first-order valence-electron chi connectivity index (χ1n) is 16.6. The molecule has 0 bridgehead atoms. The van der Waals surface area contributed by atoms with Crippen molar-refractivity contribution in [2.24, 2.45) is 17.8 Å². The van der Waals surface area contributed by atoms with Crippen LogP contribution in [0.4, 0.5) is 27.6 Å². The zero-order valence-corrected chi connectivity index (χ0v) is 27.0. The number of halogens is 5. The average molecular weight is 681 g/mol. The van der Waals surface area contributed by atoms with Crippen LogP contribution in [0.25, 0.3) is 5.65 Å². The molecule has 2 saturated heterocycles. The Balaban J connectivity index is 1.37. The van der Waals surface area contributed by atoms with E-state index in [2.05, 4.69) is 15.7 Å². The highest BCUT2D eigenvalue weighted by atomic mass is 19.4. The van der Waals surface area contributed by atoms with Gasteiger partial charge in [-0.2, -0.15) is 23.4 Å². The molecule has 262 valence electrons. The number of fused-ring (bicyclic) bond motifs is 1. The third-order valence-corrected chi connectivity index (χ3v) is 10.1. The molecule has 6 rings (SSSR count). The summed E-state index contributed by atoms with van der Waals surface area (Å²) < 4.78 is 77.9. The Kier molecular flexibility index (Phi) is 9.64. The van der Waals surface area contributed by atoms with Gasteiger partial charge in [-0.15, -0.1) is 0 Å². The number of nitrogens with one attached hydrogen (secondary N) is 2. The van der Waals surface area contributed by atoms with E-state index in [1.165, 1.54) is 10.7 Å². The molecule has 3 aromatic rings. The molecule has 3 atom stereocenters. The highest BCUT2D eigenvalue weighted by Gasteiger charge is 2.45. The van der Waals surface area contributed by atoms with Crippen LogP contribution in [0.1, 0.15) is 79.8 Å². The summed E-state index contributed by atoms with van der Waals surface area (Å²) >= 11 is 0. The van der Waals surface area contributed by atoms with Crippen LogP contribution in [-0.2, 0) is 22.5 Å². The number of anilines is 1. The van der Waals surface area contributed by atoms with Crippen LogP contribution in [0.3, 0.4) is 0 Å². The van der Waals surface area contributed by atoms with Gasteiger partial charge in [-0.3, -0.25) is 14.3 Å². The fourth-order valence-corrected chi connectivity index (χ4v) is 7.22. The van der Waals surface area contributed by atoms with Crippen molar-refractivity contribution in [3.63, 3.8) is 0 Å². The number of aryl methyl sites for hydroxylation is 1. The lowest BCUT2D eigenvalue weighted by molar-refractivity contribution is -0.183. The standard InChI is InChI=1S/C32H41F5N8O3/c1-3-44-25(6-11-39-44)30(47)41-28(19-4-9-31(33,34)10-5-19)24-18-45-27(40-24)16-26(43(2)22-7-12-48-13-8-22)23(42-45)15-20-14-21(32(35,36)37)17-38-29(20)46/h6,11,16,18-22,28H,3-5,7-10,12-15,17H2,1-2H3,(H,38,46)(H,41,47)/t20?,21-,28+/m1/s1. The largest absolute Gasteiger partial charge is 0.393 e. The smallest absolute Gasteiger partial charge is 0.381 e. The maximum absolute atomic E-state index is 14.2. The second-order valence-electron chi connectivity index (χ2n) is 13.2. The summed E-state index contributed by atoms with van der Waals surface area (Å²) in [5, 5.41) is 14.4. The molecule has 1 saturated carbocycles. The molecular weight excluding hydrogens is 639 g/mol. The van der Waals surface area contributed by atoms with Crippen molar-refractivity contribution in [3.8, 4) is 0 Å². The highest BCUT2D eigenvalue weighted by Crippen LogP contribution is 2.42. The maximum Gasteiger partial charge on any atom is 0.393 e. The van der Waals surface area contributed by atoms with Crippen molar-refractivity contribution >= 4 is 23.1 Å². The first-order valence-corrected chi connectivity index (χ1v) is 16.6. The van der Waals surface area contributed by atoms with Crippen molar-refractivity contribution in [3.05, 3.63) is 41.6 Å². The number of nitrogens with zero attached hydrogens (tertiary/aromatic N) is 6. The van der Waals surface area contributed by atoms with E-state index >= 15 is 0 Å². The monoisotopic (exact) mass is 680 g/mol. The van der Waals surface area contributed by atoms with Gasteiger partial charge < -0.3 is 20.3 Å².